The molecule has 0 radical (unpaired) electrons. The predicted octanol–water partition coefficient (Wildman–Crippen LogP) is 1.74. The third-order valence-corrected chi connectivity index (χ3v) is 5.43. The van der Waals surface area contributed by atoms with Crippen LogP contribution in [0.1, 0.15) is 24.8 Å². The highest BCUT2D eigenvalue weighted by Gasteiger charge is 2.26. The molecule has 1 aromatic carbocycles. The fourth-order valence-electron chi connectivity index (χ4n) is 3.64. The summed E-state index contributed by atoms with van der Waals surface area (Å²) < 4.78 is 11.6. The first-order valence-electron chi connectivity index (χ1n) is 10.6. The summed E-state index contributed by atoms with van der Waals surface area (Å²) in [6, 6.07) is 10.3. The van der Waals surface area contributed by atoms with E-state index in [9.17, 15) is 4.79 Å². The number of likely N-dealkylation sites (tertiary alicyclic amines) is 1. The zero-order valence-electron chi connectivity index (χ0n) is 17.7. The maximum absolute atomic E-state index is 12.0. The standard InChI is InChI=1S/C22H34N4O3/c1-25(2)21(27)14-24-22(23-13-20-9-6-12-29-20)26-11-10-19(15-26)17-28-16-18-7-4-3-5-8-18/h3-5,7-8,19-20H,6,9-17H2,1-2H3,(H,23,24). The van der Waals surface area contributed by atoms with E-state index >= 15 is 0 Å². The van der Waals surface area contributed by atoms with E-state index in [0.29, 0.717) is 12.5 Å². The van der Waals surface area contributed by atoms with Crippen LogP contribution in [0.15, 0.2) is 35.3 Å². The molecule has 0 bridgehead atoms. The maximum atomic E-state index is 12.0. The SMILES string of the molecule is CN(C)C(=O)CN=C(NCC1CCCO1)N1CCC(COCc2ccccc2)C1. The normalized spacial score (nSPS) is 22.1. The topological polar surface area (TPSA) is 66.4 Å². The lowest BCUT2D eigenvalue weighted by Crippen LogP contribution is -2.44. The Labute approximate surface area is 174 Å². The molecule has 160 valence electrons. The smallest absolute Gasteiger partial charge is 0.243 e. The molecular weight excluding hydrogens is 368 g/mol. The van der Waals surface area contributed by atoms with E-state index in [4.69, 9.17) is 9.47 Å². The van der Waals surface area contributed by atoms with Gasteiger partial charge in [0.2, 0.25) is 5.91 Å². The molecule has 1 aromatic rings. The first kappa shape index (κ1) is 21.6. The van der Waals surface area contributed by atoms with Gasteiger partial charge >= 0.3 is 0 Å². The van der Waals surface area contributed by atoms with Gasteiger partial charge in [-0.25, -0.2) is 4.99 Å². The molecule has 2 fully saturated rings. The Morgan fingerprint density at radius 1 is 1.31 bits per heavy atom. The second-order valence-electron chi connectivity index (χ2n) is 8.05. The van der Waals surface area contributed by atoms with Crippen molar-refractivity contribution in [2.75, 3.05) is 53.5 Å². The molecule has 2 saturated heterocycles. The largest absolute Gasteiger partial charge is 0.376 e. The molecule has 2 atom stereocenters. The number of hydrogen-bond donors (Lipinski definition) is 1. The van der Waals surface area contributed by atoms with Crippen molar-refractivity contribution in [2.45, 2.75) is 32.0 Å². The predicted molar refractivity (Wildman–Crippen MR) is 114 cm³/mol. The second kappa shape index (κ2) is 11.2. The van der Waals surface area contributed by atoms with Gasteiger partial charge in [0.05, 0.1) is 19.3 Å². The molecule has 1 N–H and O–H groups in total. The fourth-order valence-corrected chi connectivity index (χ4v) is 3.64. The quantitative estimate of drug-likeness (QED) is 0.530. The van der Waals surface area contributed by atoms with Gasteiger partial charge in [0.25, 0.3) is 0 Å². The van der Waals surface area contributed by atoms with Crippen LogP contribution in [-0.2, 0) is 20.9 Å². The van der Waals surface area contributed by atoms with Crippen molar-refractivity contribution in [3.05, 3.63) is 35.9 Å². The van der Waals surface area contributed by atoms with Crippen LogP contribution < -0.4 is 5.32 Å². The van der Waals surface area contributed by atoms with Gasteiger partial charge in [0.1, 0.15) is 6.54 Å². The van der Waals surface area contributed by atoms with E-state index in [1.54, 1.807) is 19.0 Å². The summed E-state index contributed by atoms with van der Waals surface area (Å²) >= 11 is 0. The molecular formula is C22H34N4O3. The molecule has 3 rings (SSSR count). The van der Waals surface area contributed by atoms with Crippen molar-refractivity contribution in [3.63, 3.8) is 0 Å². The molecule has 7 nitrogen and oxygen atoms in total. The highest BCUT2D eigenvalue weighted by Crippen LogP contribution is 2.18. The number of benzene rings is 1. The minimum Gasteiger partial charge on any atom is -0.376 e. The van der Waals surface area contributed by atoms with Crippen LogP contribution in [0.4, 0.5) is 0 Å². The average molecular weight is 403 g/mol. The van der Waals surface area contributed by atoms with Gasteiger partial charge in [-0.2, -0.15) is 0 Å². The third-order valence-electron chi connectivity index (χ3n) is 5.43. The average Bonchev–Trinajstić information content (AvgIpc) is 3.41. The van der Waals surface area contributed by atoms with Crippen molar-refractivity contribution >= 4 is 11.9 Å². The van der Waals surface area contributed by atoms with E-state index < -0.39 is 0 Å². The van der Waals surface area contributed by atoms with Gasteiger partial charge in [-0.05, 0) is 24.8 Å². The van der Waals surface area contributed by atoms with E-state index in [-0.39, 0.29) is 18.6 Å². The van der Waals surface area contributed by atoms with Crippen molar-refractivity contribution in [2.24, 2.45) is 10.9 Å². The number of ether oxygens (including phenoxy) is 2. The Hall–Kier alpha value is -2.12. The number of likely N-dealkylation sites (N-methyl/N-ethyl adjacent to an activating group) is 1. The van der Waals surface area contributed by atoms with E-state index in [1.807, 2.05) is 18.2 Å². The van der Waals surface area contributed by atoms with Crippen LogP contribution in [0, 0.1) is 5.92 Å². The summed E-state index contributed by atoms with van der Waals surface area (Å²) in [4.78, 5) is 20.4. The Morgan fingerprint density at radius 2 is 2.14 bits per heavy atom. The summed E-state index contributed by atoms with van der Waals surface area (Å²) in [5.41, 5.74) is 1.20. The Morgan fingerprint density at radius 3 is 2.86 bits per heavy atom. The first-order chi connectivity index (χ1) is 14.1. The minimum atomic E-state index is 0.00311. The van der Waals surface area contributed by atoms with Crippen molar-refractivity contribution < 1.29 is 14.3 Å². The van der Waals surface area contributed by atoms with Crippen LogP contribution in [0.25, 0.3) is 0 Å². The van der Waals surface area contributed by atoms with Crippen LogP contribution in [0.2, 0.25) is 0 Å². The zero-order valence-corrected chi connectivity index (χ0v) is 17.7. The molecule has 29 heavy (non-hydrogen) atoms. The molecule has 2 unspecified atom stereocenters. The number of nitrogens with one attached hydrogen (secondary N) is 1. The molecule has 7 heteroatoms. The minimum absolute atomic E-state index is 0.00311. The number of guanidine groups is 1. The van der Waals surface area contributed by atoms with Crippen molar-refractivity contribution in [3.8, 4) is 0 Å². The van der Waals surface area contributed by atoms with Gasteiger partial charge in [-0.1, -0.05) is 30.3 Å². The number of carbonyl (C=O) groups is 1. The lowest BCUT2D eigenvalue weighted by molar-refractivity contribution is -0.127. The summed E-state index contributed by atoms with van der Waals surface area (Å²) in [5, 5.41) is 3.44. The molecule has 0 aliphatic carbocycles. The van der Waals surface area contributed by atoms with Crippen LogP contribution in [0.3, 0.4) is 0 Å². The molecule has 2 aliphatic rings. The van der Waals surface area contributed by atoms with Gasteiger partial charge in [0.15, 0.2) is 5.96 Å². The van der Waals surface area contributed by atoms with Gasteiger partial charge in [0, 0.05) is 46.3 Å². The molecule has 0 spiro atoms. The van der Waals surface area contributed by atoms with E-state index in [0.717, 1.165) is 58.1 Å². The van der Waals surface area contributed by atoms with E-state index in [1.165, 1.54) is 5.56 Å². The number of nitrogens with zero attached hydrogens (tertiary/aromatic N) is 3. The van der Waals surface area contributed by atoms with Gasteiger partial charge in [-0.15, -0.1) is 0 Å². The maximum Gasteiger partial charge on any atom is 0.243 e. The molecule has 2 heterocycles. The third kappa shape index (κ3) is 7.01. The lowest BCUT2D eigenvalue weighted by atomic mass is 10.1. The Bertz CT molecular complexity index is 659. The van der Waals surface area contributed by atoms with Crippen LogP contribution >= 0.6 is 0 Å². The molecule has 0 aromatic heterocycles. The first-order valence-corrected chi connectivity index (χ1v) is 10.6. The number of aliphatic imine (C=N–C) groups is 1. The zero-order chi connectivity index (χ0) is 20.5. The second-order valence-corrected chi connectivity index (χ2v) is 8.05. The highest BCUT2D eigenvalue weighted by molar-refractivity contribution is 5.85. The Balaban J connectivity index is 1.49. The fraction of sp³-hybridized carbons (Fsp3) is 0.636. The summed E-state index contributed by atoms with van der Waals surface area (Å²) in [6.07, 6.45) is 3.49. The summed E-state index contributed by atoms with van der Waals surface area (Å²) in [6.45, 7) is 4.93. The van der Waals surface area contributed by atoms with Crippen LogP contribution in [-0.4, -0.2) is 81.3 Å². The summed E-state index contributed by atoms with van der Waals surface area (Å²) in [5.74, 6) is 1.28. The highest BCUT2D eigenvalue weighted by atomic mass is 16.5. The molecule has 2 aliphatic heterocycles. The van der Waals surface area contributed by atoms with Crippen LogP contribution in [0.5, 0.6) is 0 Å². The number of hydrogen-bond acceptors (Lipinski definition) is 4. The molecule has 0 saturated carbocycles. The van der Waals surface area contributed by atoms with E-state index in [2.05, 4.69) is 27.3 Å². The van der Waals surface area contributed by atoms with Gasteiger partial charge in [-0.3, -0.25) is 4.79 Å². The van der Waals surface area contributed by atoms with Crippen molar-refractivity contribution in [1.29, 1.82) is 0 Å². The lowest BCUT2D eigenvalue weighted by Gasteiger charge is -2.23. The molecule has 1 amide bonds. The Kier molecular flexibility index (Phi) is 8.31. The van der Waals surface area contributed by atoms with Crippen molar-refractivity contribution in [1.82, 2.24) is 15.1 Å². The number of rotatable bonds is 8. The number of carbonyl (C=O) groups excluding carboxylic acids is 1. The monoisotopic (exact) mass is 402 g/mol. The summed E-state index contributed by atoms with van der Waals surface area (Å²) in [7, 11) is 3.51. The number of amides is 1. The van der Waals surface area contributed by atoms with Gasteiger partial charge < -0.3 is 24.6 Å².